The number of hydrogen-bond donors (Lipinski definition) is 1. The first kappa shape index (κ1) is 16.2. The molecule has 0 radical (unpaired) electrons. The molecule has 126 valence electrons. The van der Waals surface area contributed by atoms with Gasteiger partial charge in [-0.2, -0.15) is 4.31 Å². The second-order valence-corrected chi connectivity index (χ2v) is 7.96. The molecule has 1 amide bonds. The van der Waals surface area contributed by atoms with E-state index in [-0.39, 0.29) is 23.9 Å². The number of ether oxygens (including phenoxy) is 2. The van der Waals surface area contributed by atoms with Crippen molar-refractivity contribution >= 4 is 15.9 Å². The van der Waals surface area contributed by atoms with Crippen LogP contribution in [0, 0.1) is 11.3 Å². The first-order chi connectivity index (χ1) is 10.9. The third-order valence-electron chi connectivity index (χ3n) is 4.85. The summed E-state index contributed by atoms with van der Waals surface area (Å²) in [6, 6.07) is 6.31. The highest BCUT2D eigenvalue weighted by Gasteiger charge is 2.55. The van der Waals surface area contributed by atoms with Crippen LogP contribution in [0.15, 0.2) is 29.2 Å². The van der Waals surface area contributed by atoms with Crippen molar-refractivity contribution in [2.24, 2.45) is 17.1 Å². The maximum atomic E-state index is 12.9. The van der Waals surface area contributed by atoms with Crippen molar-refractivity contribution in [1.82, 2.24) is 4.31 Å². The molecule has 2 fully saturated rings. The third-order valence-corrected chi connectivity index (χ3v) is 6.65. The van der Waals surface area contributed by atoms with E-state index in [0.29, 0.717) is 25.4 Å². The van der Waals surface area contributed by atoms with E-state index < -0.39 is 21.3 Å². The number of nitrogens with zero attached hydrogens (tertiary/aromatic N) is 1. The van der Waals surface area contributed by atoms with Crippen LogP contribution in [0.4, 0.5) is 0 Å². The zero-order chi connectivity index (χ0) is 16.7. The van der Waals surface area contributed by atoms with Crippen LogP contribution in [0.2, 0.25) is 0 Å². The van der Waals surface area contributed by atoms with Gasteiger partial charge in [0.2, 0.25) is 15.9 Å². The maximum absolute atomic E-state index is 12.9. The molecule has 2 N–H and O–H groups in total. The number of hydrogen-bond acceptors (Lipinski definition) is 5. The number of methoxy groups -OCH3 is 1. The summed E-state index contributed by atoms with van der Waals surface area (Å²) in [5.41, 5.74) is 4.77. The highest BCUT2D eigenvalue weighted by molar-refractivity contribution is 7.89. The molecule has 2 saturated heterocycles. The van der Waals surface area contributed by atoms with Crippen molar-refractivity contribution in [3.63, 3.8) is 0 Å². The van der Waals surface area contributed by atoms with Crippen LogP contribution < -0.4 is 10.5 Å². The van der Waals surface area contributed by atoms with Crippen LogP contribution in [-0.4, -0.2) is 52.0 Å². The lowest BCUT2D eigenvalue weighted by Crippen LogP contribution is -2.48. The van der Waals surface area contributed by atoms with E-state index in [9.17, 15) is 13.2 Å². The predicted molar refractivity (Wildman–Crippen MR) is 82.3 cm³/mol. The highest BCUT2D eigenvalue weighted by atomic mass is 32.2. The van der Waals surface area contributed by atoms with Crippen molar-refractivity contribution in [2.75, 3.05) is 33.4 Å². The number of carbonyl (C=O) groups excluding carboxylic acids is 1. The first-order valence-corrected chi connectivity index (χ1v) is 8.86. The summed E-state index contributed by atoms with van der Waals surface area (Å²) in [6.07, 6.45) is 0.455. The molecule has 3 rings (SSSR count). The molecule has 0 bridgehead atoms. The Labute approximate surface area is 135 Å². The Bertz CT molecular complexity index is 720. The van der Waals surface area contributed by atoms with Crippen LogP contribution in [0.3, 0.4) is 0 Å². The van der Waals surface area contributed by atoms with Gasteiger partial charge in [0.1, 0.15) is 5.75 Å². The zero-order valence-corrected chi connectivity index (χ0v) is 13.7. The molecule has 23 heavy (non-hydrogen) atoms. The van der Waals surface area contributed by atoms with Gasteiger partial charge >= 0.3 is 0 Å². The number of sulfonamides is 1. The van der Waals surface area contributed by atoms with E-state index in [1.807, 2.05) is 0 Å². The van der Waals surface area contributed by atoms with Crippen LogP contribution in [0.5, 0.6) is 5.75 Å². The summed E-state index contributed by atoms with van der Waals surface area (Å²) in [4.78, 5) is 12.1. The lowest BCUT2D eigenvalue weighted by Gasteiger charge is -2.35. The van der Waals surface area contributed by atoms with E-state index in [1.54, 1.807) is 12.1 Å². The van der Waals surface area contributed by atoms with Gasteiger partial charge < -0.3 is 15.2 Å². The van der Waals surface area contributed by atoms with Crippen LogP contribution >= 0.6 is 0 Å². The van der Waals surface area contributed by atoms with Crippen LogP contribution in [0.1, 0.15) is 6.42 Å². The molecule has 7 nitrogen and oxygen atoms in total. The summed E-state index contributed by atoms with van der Waals surface area (Å²) in [5.74, 6) is -0.182. The topological polar surface area (TPSA) is 98.9 Å². The Balaban J connectivity index is 1.94. The summed E-state index contributed by atoms with van der Waals surface area (Å²) in [7, 11) is -2.23. The number of nitrogens with two attached hydrogens (primary N) is 1. The Hall–Kier alpha value is -1.64. The lowest BCUT2D eigenvalue weighted by molar-refractivity contribution is -0.135. The molecule has 2 aliphatic rings. The number of carbonyl (C=O) groups is 1. The Morgan fingerprint density at radius 3 is 2.91 bits per heavy atom. The molecular weight excluding hydrogens is 320 g/mol. The predicted octanol–water partition coefficient (Wildman–Crippen LogP) is 0.208. The van der Waals surface area contributed by atoms with Gasteiger partial charge in [-0.3, -0.25) is 4.79 Å². The molecule has 2 aliphatic heterocycles. The molecule has 1 aromatic carbocycles. The number of fused-ring (bicyclic) bond motifs is 1. The largest absolute Gasteiger partial charge is 0.497 e. The summed E-state index contributed by atoms with van der Waals surface area (Å²) in [5, 5.41) is 0. The Kier molecular flexibility index (Phi) is 4.07. The minimum Gasteiger partial charge on any atom is -0.497 e. The van der Waals surface area contributed by atoms with Crippen molar-refractivity contribution < 1.29 is 22.7 Å². The fourth-order valence-electron chi connectivity index (χ4n) is 3.40. The number of benzene rings is 1. The number of rotatable bonds is 4. The molecule has 0 aliphatic carbocycles. The van der Waals surface area contributed by atoms with E-state index in [4.69, 9.17) is 15.2 Å². The Morgan fingerprint density at radius 1 is 1.48 bits per heavy atom. The molecule has 0 unspecified atom stereocenters. The van der Waals surface area contributed by atoms with Crippen LogP contribution in [0.25, 0.3) is 0 Å². The smallest absolute Gasteiger partial charge is 0.243 e. The normalized spacial score (nSPS) is 28.3. The highest BCUT2D eigenvalue weighted by Crippen LogP contribution is 2.43. The lowest BCUT2D eigenvalue weighted by atomic mass is 9.74. The van der Waals surface area contributed by atoms with E-state index in [2.05, 4.69) is 0 Å². The van der Waals surface area contributed by atoms with Crippen molar-refractivity contribution in [3.8, 4) is 5.75 Å². The molecule has 2 atom stereocenters. The van der Waals surface area contributed by atoms with Gasteiger partial charge in [0.25, 0.3) is 0 Å². The van der Waals surface area contributed by atoms with Crippen molar-refractivity contribution in [1.29, 1.82) is 0 Å². The van der Waals surface area contributed by atoms with E-state index >= 15 is 0 Å². The number of primary amides is 1. The van der Waals surface area contributed by atoms with Crippen molar-refractivity contribution in [3.05, 3.63) is 24.3 Å². The summed E-state index contributed by atoms with van der Waals surface area (Å²) in [6.45, 7) is 1.12. The molecule has 8 heteroatoms. The first-order valence-electron chi connectivity index (χ1n) is 7.42. The average Bonchev–Trinajstić information content (AvgIpc) is 2.97. The van der Waals surface area contributed by atoms with Gasteiger partial charge in [-0.15, -0.1) is 0 Å². The second-order valence-electron chi connectivity index (χ2n) is 6.02. The minimum absolute atomic E-state index is 0.107. The van der Waals surface area contributed by atoms with Gasteiger partial charge in [0, 0.05) is 31.7 Å². The van der Waals surface area contributed by atoms with Gasteiger partial charge in [-0.05, 0) is 18.6 Å². The summed E-state index contributed by atoms with van der Waals surface area (Å²) >= 11 is 0. The number of amides is 1. The van der Waals surface area contributed by atoms with Gasteiger partial charge in [-0.1, -0.05) is 6.07 Å². The average molecular weight is 340 g/mol. The van der Waals surface area contributed by atoms with Crippen molar-refractivity contribution in [2.45, 2.75) is 11.3 Å². The quantitative estimate of drug-likeness (QED) is 0.844. The fraction of sp³-hybridized carbons (Fsp3) is 0.533. The molecule has 2 heterocycles. The van der Waals surface area contributed by atoms with Gasteiger partial charge in [-0.25, -0.2) is 8.42 Å². The monoisotopic (exact) mass is 340 g/mol. The van der Waals surface area contributed by atoms with Gasteiger partial charge in [0.05, 0.1) is 24.0 Å². The molecule has 0 spiro atoms. The molecule has 1 aromatic rings. The van der Waals surface area contributed by atoms with Crippen LogP contribution in [-0.2, 0) is 19.6 Å². The SMILES string of the molecule is COc1cccc(S(=O)(=O)N2C[C@@H]3COCC[C@]3(C(N)=O)C2)c1. The summed E-state index contributed by atoms with van der Waals surface area (Å²) < 4.78 is 37.6. The van der Waals surface area contributed by atoms with E-state index in [0.717, 1.165) is 0 Å². The maximum Gasteiger partial charge on any atom is 0.243 e. The van der Waals surface area contributed by atoms with Gasteiger partial charge in [0.15, 0.2) is 0 Å². The third kappa shape index (κ3) is 2.60. The second kappa shape index (κ2) is 5.77. The molecule has 0 aromatic heterocycles. The molecule has 0 saturated carbocycles. The molecular formula is C15H20N2O5S. The minimum atomic E-state index is -3.71. The zero-order valence-electron chi connectivity index (χ0n) is 12.9. The Morgan fingerprint density at radius 2 is 2.26 bits per heavy atom. The van der Waals surface area contributed by atoms with E-state index in [1.165, 1.54) is 23.5 Å². The fourth-order valence-corrected chi connectivity index (χ4v) is 4.99. The standard InChI is InChI=1S/C15H20N2O5S/c1-21-12-3-2-4-13(7-12)23(19,20)17-8-11-9-22-6-5-15(11,10-17)14(16)18/h2-4,7,11H,5-6,8-10H2,1H3,(H2,16,18)/t11-,15+/m1/s1.